The van der Waals surface area contributed by atoms with Gasteiger partial charge in [-0.25, -0.2) is 4.39 Å². The van der Waals surface area contributed by atoms with E-state index in [1.807, 2.05) is 30.3 Å². The van der Waals surface area contributed by atoms with E-state index in [9.17, 15) is 9.18 Å². The Labute approximate surface area is 160 Å². The number of nitrogens with one attached hydrogen (secondary N) is 1. The van der Waals surface area contributed by atoms with E-state index in [2.05, 4.69) is 27.2 Å². The van der Waals surface area contributed by atoms with Gasteiger partial charge in [-0.3, -0.25) is 9.69 Å². The third kappa shape index (κ3) is 4.30. The molecule has 4 nitrogen and oxygen atoms in total. The van der Waals surface area contributed by atoms with Crippen LogP contribution < -0.4 is 10.2 Å². The van der Waals surface area contributed by atoms with E-state index in [1.54, 1.807) is 6.07 Å². The van der Waals surface area contributed by atoms with Crippen molar-refractivity contribution in [1.82, 2.24) is 10.2 Å². The summed E-state index contributed by atoms with van der Waals surface area (Å²) in [5.41, 5.74) is 1.94. The van der Waals surface area contributed by atoms with Crippen LogP contribution in [0.1, 0.15) is 18.4 Å². The maximum Gasteiger partial charge on any atom is 0.234 e. The molecule has 142 valence electrons. The maximum absolute atomic E-state index is 14.0. The van der Waals surface area contributed by atoms with Crippen molar-refractivity contribution in [2.45, 2.75) is 31.3 Å². The number of benzene rings is 2. The average Bonchev–Trinajstić information content (AvgIpc) is 2.69. The van der Waals surface area contributed by atoms with Crippen LogP contribution >= 0.6 is 0 Å². The van der Waals surface area contributed by atoms with Gasteiger partial charge in [0.25, 0.3) is 0 Å². The number of piperazine rings is 1. The maximum atomic E-state index is 14.0. The highest BCUT2D eigenvalue weighted by atomic mass is 19.1. The van der Waals surface area contributed by atoms with Crippen molar-refractivity contribution in [3.63, 3.8) is 0 Å². The van der Waals surface area contributed by atoms with E-state index in [1.165, 1.54) is 11.6 Å². The molecule has 2 aromatic rings. The molecule has 0 aromatic heterocycles. The van der Waals surface area contributed by atoms with Crippen molar-refractivity contribution < 1.29 is 9.18 Å². The van der Waals surface area contributed by atoms with Gasteiger partial charge in [0, 0.05) is 31.7 Å². The summed E-state index contributed by atoms with van der Waals surface area (Å²) < 4.78 is 14.0. The third-order valence-electron chi connectivity index (χ3n) is 5.67. The Bertz CT molecular complexity index is 774. The van der Waals surface area contributed by atoms with Crippen LogP contribution in [0.15, 0.2) is 54.6 Å². The molecule has 1 amide bonds. The first-order valence-electron chi connectivity index (χ1n) is 9.76. The van der Waals surface area contributed by atoms with Gasteiger partial charge >= 0.3 is 0 Å². The van der Waals surface area contributed by atoms with Crippen LogP contribution in [0.2, 0.25) is 0 Å². The Balaban J connectivity index is 1.36. The van der Waals surface area contributed by atoms with E-state index in [-0.39, 0.29) is 17.8 Å². The largest absolute Gasteiger partial charge is 0.369 e. The molecule has 5 heteroatoms. The number of hydrogen-bond acceptors (Lipinski definition) is 3. The summed E-state index contributed by atoms with van der Waals surface area (Å²) in [6.45, 7) is 3.00. The highest BCUT2D eigenvalue weighted by Crippen LogP contribution is 2.25. The summed E-state index contributed by atoms with van der Waals surface area (Å²) in [6.07, 6.45) is 2.77. The molecule has 2 aromatic carbocycles. The smallest absolute Gasteiger partial charge is 0.234 e. The van der Waals surface area contributed by atoms with Crippen LogP contribution in [-0.2, 0) is 11.2 Å². The summed E-state index contributed by atoms with van der Waals surface area (Å²) in [5, 5.41) is 3.14. The van der Waals surface area contributed by atoms with E-state index in [0.717, 1.165) is 38.9 Å². The summed E-state index contributed by atoms with van der Waals surface area (Å²) >= 11 is 0. The first-order chi connectivity index (χ1) is 13.2. The van der Waals surface area contributed by atoms with Gasteiger partial charge in [-0.05, 0) is 37.0 Å². The Morgan fingerprint density at radius 2 is 1.70 bits per heavy atom. The lowest BCUT2D eigenvalue weighted by atomic mass is 9.98. The molecule has 2 fully saturated rings. The Hall–Kier alpha value is -2.40. The SMILES string of the molecule is O=C1CN(C2CCN(c3ccccc3F)CC2)C[C@H](Cc2ccccc2)N1. The highest BCUT2D eigenvalue weighted by molar-refractivity contribution is 5.79. The molecule has 0 unspecified atom stereocenters. The van der Waals surface area contributed by atoms with Gasteiger partial charge < -0.3 is 10.2 Å². The number of para-hydroxylation sites is 1. The number of anilines is 1. The van der Waals surface area contributed by atoms with Crippen molar-refractivity contribution in [3.05, 3.63) is 66.0 Å². The Morgan fingerprint density at radius 3 is 2.44 bits per heavy atom. The van der Waals surface area contributed by atoms with E-state index in [0.29, 0.717) is 18.3 Å². The van der Waals surface area contributed by atoms with E-state index < -0.39 is 0 Å². The summed E-state index contributed by atoms with van der Waals surface area (Å²) in [5.74, 6) is -0.0464. The normalized spacial score (nSPS) is 21.9. The molecule has 2 aliphatic rings. The third-order valence-corrected chi connectivity index (χ3v) is 5.67. The minimum atomic E-state index is -0.156. The lowest BCUT2D eigenvalue weighted by Crippen LogP contribution is -2.59. The zero-order valence-corrected chi connectivity index (χ0v) is 15.5. The van der Waals surface area contributed by atoms with E-state index in [4.69, 9.17) is 0 Å². The number of carbonyl (C=O) groups is 1. The molecule has 0 aliphatic carbocycles. The molecule has 2 saturated heterocycles. The molecular weight excluding hydrogens is 341 g/mol. The molecule has 0 radical (unpaired) electrons. The summed E-state index contributed by atoms with van der Waals surface area (Å²) in [6, 6.07) is 17.8. The van der Waals surface area contributed by atoms with Crippen molar-refractivity contribution in [2.24, 2.45) is 0 Å². The predicted octanol–water partition coefficient (Wildman–Crippen LogP) is 2.84. The van der Waals surface area contributed by atoms with Gasteiger partial charge in [0.2, 0.25) is 5.91 Å². The average molecular weight is 367 g/mol. The van der Waals surface area contributed by atoms with Gasteiger partial charge in [-0.2, -0.15) is 0 Å². The fourth-order valence-electron chi connectivity index (χ4n) is 4.32. The lowest BCUT2D eigenvalue weighted by Gasteiger charge is -2.42. The highest BCUT2D eigenvalue weighted by Gasteiger charge is 2.32. The predicted molar refractivity (Wildman–Crippen MR) is 105 cm³/mol. The summed E-state index contributed by atoms with van der Waals surface area (Å²) in [4.78, 5) is 16.7. The van der Waals surface area contributed by atoms with Crippen LogP contribution in [0.3, 0.4) is 0 Å². The number of rotatable bonds is 4. The van der Waals surface area contributed by atoms with Crippen LogP contribution in [0, 0.1) is 5.82 Å². The van der Waals surface area contributed by atoms with Gasteiger partial charge in [0.1, 0.15) is 5.82 Å². The minimum absolute atomic E-state index is 0.110. The second-order valence-electron chi connectivity index (χ2n) is 7.55. The first-order valence-corrected chi connectivity index (χ1v) is 9.76. The molecule has 1 atom stereocenters. The summed E-state index contributed by atoms with van der Waals surface area (Å²) in [7, 11) is 0. The van der Waals surface area contributed by atoms with Gasteiger partial charge in [-0.1, -0.05) is 42.5 Å². The molecule has 0 bridgehead atoms. The van der Waals surface area contributed by atoms with Crippen LogP contribution in [0.5, 0.6) is 0 Å². The van der Waals surface area contributed by atoms with Crippen molar-refractivity contribution in [3.8, 4) is 0 Å². The second-order valence-corrected chi connectivity index (χ2v) is 7.55. The number of hydrogen-bond donors (Lipinski definition) is 1. The molecule has 27 heavy (non-hydrogen) atoms. The molecule has 4 rings (SSSR count). The monoisotopic (exact) mass is 367 g/mol. The molecule has 1 N–H and O–H groups in total. The number of nitrogens with zero attached hydrogens (tertiary/aromatic N) is 2. The fraction of sp³-hybridized carbons (Fsp3) is 0.409. The Kier molecular flexibility index (Phi) is 5.39. The zero-order valence-electron chi connectivity index (χ0n) is 15.5. The van der Waals surface area contributed by atoms with Crippen molar-refractivity contribution >= 4 is 11.6 Å². The van der Waals surface area contributed by atoms with Crippen molar-refractivity contribution in [2.75, 3.05) is 31.1 Å². The second kappa shape index (κ2) is 8.09. The molecular formula is C22H26FN3O. The number of piperidine rings is 1. The van der Waals surface area contributed by atoms with Gasteiger partial charge in [0.05, 0.1) is 12.2 Å². The quantitative estimate of drug-likeness (QED) is 0.903. The number of amides is 1. The molecule has 0 spiro atoms. The van der Waals surface area contributed by atoms with E-state index >= 15 is 0 Å². The van der Waals surface area contributed by atoms with Crippen LogP contribution in [-0.4, -0.2) is 49.1 Å². The fourth-order valence-corrected chi connectivity index (χ4v) is 4.32. The topological polar surface area (TPSA) is 35.6 Å². The van der Waals surface area contributed by atoms with Gasteiger partial charge in [0.15, 0.2) is 0 Å². The van der Waals surface area contributed by atoms with Gasteiger partial charge in [-0.15, -0.1) is 0 Å². The van der Waals surface area contributed by atoms with Crippen LogP contribution in [0.25, 0.3) is 0 Å². The molecule has 2 aliphatic heterocycles. The van der Waals surface area contributed by atoms with Crippen LogP contribution in [0.4, 0.5) is 10.1 Å². The zero-order chi connectivity index (χ0) is 18.6. The molecule has 0 saturated carbocycles. The first kappa shape index (κ1) is 18.0. The van der Waals surface area contributed by atoms with Crippen molar-refractivity contribution in [1.29, 1.82) is 0 Å². The molecule has 2 heterocycles. The lowest BCUT2D eigenvalue weighted by molar-refractivity contribution is -0.126. The Morgan fingerprint density at radius 1 is 1.00 bits per heavy atom. The number of halogens is 1. The minimum Gasteiger partial charge on any atom is -0.369 e. The standard InChI is InChI=1S/C22H26FN3O/c23-20-8-4-5-9-21(20)25-12-10-19(11-13-25)26-15-18(24-22(27)16-26)14-17-6-2-1-3-7-17/h1-9,18-19H,10-16H2,(H,24,27)/t18-/m0/s1. The number of carbonyl (C=O) groups excluding carboxylic acids is 1.